The molecule has 1 aliphatic heterocycles. The van der Waals surface area contributed by atoms with E-state index in [1.807, 2.05) is 24.3 Å². The third kappa shape index (κ3) is 4.87. The van der Waals surface area contributed by atoms with E-state index in [2.05, 4.69) is 12.6 Å². The van der Waals surface area contributed by atoms with E-state index in [1.54, 1.807) is 45.2 Å². The molecule has 0 radical (unpaired) electrons. The number of nitriles is 1. The first-order chi connectivity index (χ1) is 15.4. The zero-order valence-corrected chi connectivity index (χ0v) is 19.1. The van der Waals surface area contributed by atoms with Crippen LogP contribution in [0.5, 0.6) is 11.5 Å². The van der Waals surface area contributed by atoms with Crippen LogP contribution >= 0.6 is 11.8 Å². The van der Waals surface area contributed by atoms with Crippen molar-refractivity contribution in [3.05, 3.63) is 76.2 Å². The zero-order valence-electron chi connectivity index (χ0n) is 18.3. The fraction of sp³-hybridized carbons (Fsp3) is 0.240. The molecular formula is C25H24N2O4S. The Morgan fingerprint density at radius 2 is 1.97 bits per heavy atom. The average Bonchev–Trinajstić information content (AvgIpc) is 3.05. The second-order valence-corrected chi connectivity index (χ2v) is 8.40. The van der Waals surface area contributed by atoms with Gasteiger partial charge in [0, 0.05) is 17.2 Å². The number of thioether (sulfide) groups is 1. The molecule has 0 unspecified atom stereocenters. The summed E-state index contributed by atoms with van der Waals surface area (Å²) in [7, 11) is 1.54. The quantitative estimate of drug-likeness (QED) is 0.402. The number of allylic oxidation sites excluding steroid dienone is 1. The predicted octanol–water partition coefficient (Wildman–Crippen LogP) is 5.32. The van der Waals surface area contributed by atoms with Crippen molar-refractivity contribution in [2.24, 2.45) is 0 Å². The number of ether oxygens (including phenoxy) is 2. The molecule has 0 atom stereocenters. The van der Waals surface area contributed by atoms with Gasteiger partial charge >= 0.3 is 0 Å². The molecule has 3 rings (SSSR count). The summed E-state index contributed by atoms with van der Waals surface area (Å²) < 4.78 is 11.6. The van der Waals surface area contributed by atoms with Gasteiger partial charge in [-0.2, -0.15) is 5.26 Å². The average molecular weight is 449 g/mol. The zero-order chi connectivity index (χ0) is 23.3. The minimum atomic E-state index is -0.298. The number of methoxy groups -OCH3 is 1. The maximum Gasteiger partial charge on any atom is 0.293 e. The third-order valence-electron chi connectivity index (χ3n) is 4.89. The highest BCUT2D eigenvalue weighted by Gasteiger charge is 2.36. The SMILES string of the molecule is C=CCc1cc(/C=C2/SC(=O)N(C(C)C)C2=O)cc(OC)c1OCc1ccccc1C#N. The highest BCUT2D eigenvalue weighted by molar-refractivity contribution is 8.18. The van der Waals surface area contributed by atoms with Gasteiger partial charge in [-0.1, -0.05) is 24.3 Å². The molecule has 2 aromatic carbocycles. The lowest BCUT2D eigenvalue weighted by Crippen LogP contribution is -2.34. The van der Waals surface area contributed by atoms with Crippen LogP contribution in [-0.4, -0.2) is 29.2 Å². The lowest BCUT2D eigenvalue weighted by Gasteiger charge is -2.17. The van der Waals surface area contributed by atoms with Gasteiger partial charge in [0.05, 0.1) is 23.6 Å². The smallest absolute Gasteiger partial charge is 0.293 e. The fourth-order valence-electron chi connectivity index (χ4n) is 3.37. The van der Waals surface area contributed by atoms with Gasteiger partial charge in [0.1, 0.15) is 6.61 Å². The van der Waals surface area contributed by atoms with Gasteiger partial charge in [-0.15, -0.1) is 6.58 Å². The van der Waals surface area contributed by atoms with Gasteiger partial charge in [-0.3, -0.25) is 14.5 Å². The van der Waals surface area contributed by atoms with Gasteiger partial charge < -0.3 is 9.47 Å². The van der Waals surface area contributed by atoms with Crippen LogP contribution in [0.4, 0.5) is 4.79 Å². The summed E-state index contributed by atoms with van der Waals surface area (Å²) in [5, 5.41) is 9.04. The Hall–Kier alpha value is -3.50. The molecular weight excluding hydrogens is 424 g/mol. The molecule has 0 N–H and O–H groups in total. The first-order valence-corrected chi connectivity index (χ1v) is 10.9. The van der Waals surface area contributed by atoms with Crippen LogP contribution in [0.1, 0.15) is 36.1 Å². The first kappa shape index (κ1) is 23.2. The van der Waals surface area contributed by atoms with Crippen LogP contribution in [0.15, 0.2) is 54.0 Å². The van der Waals surface area contributed by atoms with Crippen molar-refractivity contribution in [2.45, 2.75) is 32.9 Å². The Kier molecular flexibility index (Phi) is 7.39. The topological polar surface area (TPSA) is 79.6 Å². The highest BCUT2D eigenvalue weighted by Crippen LogP contribution is 2.38. The molecule has 1 aliphatic rings. The third-order valence-corrected chi connectivity index (χ3v) is 5.77. The van der Waals surface area contributed by atoms with Crippen LogP contribution in [0, 0.1) is 11.3 Å². The minimum absolute atomic E-state index is 0.202. The fourth-order valence-corrected chi connectivity index (χ4v) is 4.33. The second kappa shape index (κ2) is 10.2. The van der Waals surface area contributed by atoms with Crippen LogP contribution in [0.25, 0.3) is 6.08 Å². The molecule has 0 aromatic heterocycles. The molecule has 1 heterocycles. The van der Waals surface area contributed by atoms with E-state index in [0.717, 1.165) is 28.5 Å². The van der Waals surface area contributed by atoms with Crippen LogP contribution in [0.3, 0.4) is 0 Å². The van der Waals surface area contributed by atoms with E-state index in [9.17, 15) is 14.9 Å². The van der Waals surface area contributed by atoms with Crippen LogP contribution in [0.2, 0.25) is 0 Å². The number of hydrogen-bond acceptors (Lipinski definition) is 6. The second-order valence-electron chi connectivity index (χ2n) is 7.41. The molecule has 32 heavy (non-hydrogen) atoms. The van der Waals surface area contributed by atoms with Crippen molar-refractivity contribution in [3.8, 4) is 17.6 Å². The molecule has 1 saturated heterocycles. The minimum Gasteiger partial charge on any atom is -0.493 e. The number of amides is 2. The Morgan fingerprint density at radius 1 is 1.22 bits per heavy atom. The Morgan fingerprint density at radius 3 is 2.59 bits per heavy atom. The summed E-state index contributed by atoms with van der Waals surface area (Å²) in [6.45, 7) is 7.64. The molecule has 7 heteroatoms. The number of nitrogens with zero attached hydrogens (tertiary/aromatic N) is 2. The molecule has 0 saturated carbocycles. The molecule has 6 nitrogen and oxygen atoms in total. The summed E-state index contributed by atoms with van der Waals surface area (Å²) in [6.07, 6.45) is 3.96. The molecule has 0 aliphatic carbocycles. The lowest BCUT2D eigenvalue weighted by molar-refractivity contribution is -0.123. The maximum absolute atomic E-state index is 12.6. The highest BCUT2D eigenvalue weighted by atomic mass is 32.2. The summed E-state index contributed by atoms with van der Waals surface area (Å²) in [5.41, 5.74) is 2.86. The van der Waals surface area contributed by atoms with Crippen molar-refractivity contribution in [1.29, 1.82) is 5.26 Å². The monoisotopic (exact) mass is 448 g/mol. The van der Waals surface area contributed by atoms with E-state index in [1.165, 1.54) is 4.90 Å². The number of carbonyl (C=O) groups excluding carboxylic acids is 2. The van der Waals surface area contributed by atoms with Gasteiger partial charge in [0.25, 0.3) is 11.1 Å². The summed E-state index contributed by atoms with van der Waals surface area (Å²) in [6, 6.07) is 12.9. The van der Waals surface area contributed by atoms with Crippen molar-refractivity contribution < 1.29 is 19.1 Å². The Labute approximate surface area is 192 Å². The van der Waals surface area contributed by atoms with E-state index in [4.69, 9.17) is 9.47 Å². The van der Waals surface area contributed by atoms with E-state index < -0.39 is 0 Å². The molecule has 2 amide bonds. The normalized spacial score (nSPS) is 14.7. The largest absolute Gasteiger partial charge is 0.493 e. The van der Waals surface area contributed by atoms with Crippen molar-refractivity contribution in [2.75, 3.05) is 7.11 Å². The number of imide groups is 1. The van der Waals surface area contributed by atoms with Crippen molar-refractivity contribution in [3.63, 3.8) is 0 Å². The van der Waals surface area contributed by atoms with Gasteiger partial charge in [0.2, 0.25) is 0 Å². The standard InChI is InChI=1S/C25H24N2O4S/c1-5-8-18-11-17(13-22-24(28)27(16(2)3)25(29)32-22)12-21(30-4)23(18)31-15-20-10-7-6-9-19(20)14-26/h5-7,9-13,16H,1,8,15H2,2-4H3/b22-13+. The van der Waals surface area contributed by atoms with Crippen LogP contribution in [-0.2, 0) is 17.8 Å². The maximum atomic E-state index is 12.6. The Balaban J connectivity index is 1.95. The molecule has 2 aromatic rings. The van der Waals surface area contributed by atoms with Gasteiger partial charge in [0.15, 0.2) is 11.5 Å². The van der Waals surface area contributed by atoms with Gasteiger partial charge in [-0.05, 0) is 61.9 Å². The molecule has 0 bridgehead atoms. The number of carbonyl (C=O) groups is 2. The summed E-state index contributed by atoms with van der Waals surface area (Å²) >= 11 is 0.929. The number of hydrogen-bond donors (Lipinski definition) is 0. The number of benzene rings is 2. The van der Waals surface area contributed by atoms with E-state index in [0.29, 0.717) is 28.4 Å². The van der Waals surface area contributed by atoms with Gasteiger partial charge in [-0.25, -0.2) is 0 Å². The Bertz CT molecular complexity index is 1130. The van der Waals surface area contributed by atoms with Crippen molar-refractivity contribution in [1.82, 2.24) is 4.90 Å². The first-order valence-electron chi connectivity index (χ1n) is 10.1. The lowest BCUT2D eigenvalue weighted by atomic mass is 10.0. The van der Waals surface area contributed by atoms with Crippen molar-refractivity contribution >= 4 is 29.0 Å². The van der Waals surface area contributed by atoms with E-state index in [-0.39, 0.29) is 23.8 Å². The summed E-state index contributed by atoms with van der Waals surface area (Å²) in [4.78, 5) is 26.4. The molecule has 0 spiro atoms. The van der Waals surface area contributed by atoms with E-state index >= 15 is 0 Å². The molecule has 1 fully saturated rings. The molecule has 164 valence electrons. The number of rotatable bonds is 8. The van der Waals surface area contributed by atoms with Crippen LogP contribution < -0.4 is 9.47 Å². The predicted molar refractivity (Wildman–Crippen MR) is 125 cm³/mol. The summed E-state index contributed by atoms with van der Waals surface area (Å²) in [5.74, 6) is 0.744.